The average molecular weight is 352 g/mol. The van der Waals surface area contributed by atoms with E-state index in [2.05, 4.69) is 0 Å². The number of carbonyl (C=O) groups is 3. The molecule has 1 fully saturated rings. The van der Waals surface area contributed by atoms with E-state index in [0.29, 0.717) is 11.1 Å². The molecule has 2 amide bonds. The largest absolute Gasteiger partial charge is 0.548 e. The molecule has 0 bridgehead atoms. The SMILES string of the molecule is O=C([O-])[C@@H]1[C@@H](C(=O)[O-])N(Cc2ccccc2)C(=O)N1Cc1ccccc1. The van der Waals surface area contributed by atoms with Crippen LogP contribution in [0.25, 0.3) is 0 Å². The third-order valence-electron chi connectivity index (χ3n) is 4.34. The third-order valence-corrected chi connectivity index (χ3v) is 4.34. The zero-order chi connectivity index (χ0) is 18.7. The molecule has 134 valence electrons. The molecular formula is C19H16N2O5-2. The highest BCUT2D eigenvalue weighted by Crippen LogP contribution is 2.27. The molecule has 0 unspecified atom stereocenters. The Balaban J connectivity index is 1.94. The molecule has 0 spiro atoms. The van der Waals surface area contributed by atoms with Crippen LogP contribution < -0.4 is 10.2 Å². The number of rotatable bonds is 6. The number of hydrogen-bond acceptors (Lipinski definition) is 5. The van der Waals surface area contributed by atoms with Crippen molar-refractivity contribution in [2.75, 3.05) is 0 Å². The molecule has 0 aromatic heterocycles. The number of amides is 2. The van der Waals surface area contributed by atoms with Gasteiger partial charge in [0.05, 0.1) is 24.0 Å². The first-order valence-electron chi connectivity index (χ1n) is 8.06. The van der Waals surface area contributed by atoms with Gasteiger partial charge in [0.1, 0.15) is 0 Å². The highest BCUT2D eigenvalue weighted by atomic mass is 16.4. The number of carboxylic acid groups (broad SMARTS) is 2. The minimum Gasteiger partial charge on any atom is -0.548 e. The van der Waals surface area contributed by atoms with E-state index in [4.69, 9.17) is 0 Å². The van der Waals surface area contributed by atoms with Crippen molar-refractivity contribution >= 4 is 18.0 Å². The highest BCUT2D eigenvalue weighted by molar-refractivity contribution is 5.94. The fourth-order valence-electron chi connectivity index (χ4n) is 3.15. The van der Waals surface area contributed by atoms with Crippen molar-refractivity contribution in [1.29, 1.82) is 0 Å². The van der Waals surface area contributed by atoms with Crippen molar-refractivity contribution in [1.82, 2.24) is 9.80 Å². The Bertz CT molecular complexity index is 742. The Hall–Kier alpha value is -3.35. The van der Waals surface area contributed by atoms with Crippen LogP contribution in [0.1, 0.15) is 11.1 Å². The number of aliphatic carboxylic acids is 2. The van der Waals surface area contributed by atoms with Gasteiger partial charge in [-0.15, -0.1) is 0 Å². The molecule has 0 radical (unpaired) electrons. The Morgan fingerprint density at radius 2 is 1.08 bits per heavy atom. The van der Waals surface area contributed by atoms with Gasteiger partial charge in [0.15, 0.2) is 0 Å². The Labute approximate surface area is 150 Å². The molecule has 3 rings (SSSR count). The van der Waals surface area contributed by atoms with Gasteiger partial charge in [0, 0.05) is 13.1 Å². The van der Waals surface area contributed by atoms with Gasteiger partial charge in [-0.25, -0.2) is 4.79 Å². The molecule has 1 aliphatic heterocycles. The first kappa shape index (κ1) is 17.5. The van der Waals surface area contributed by atoms with Crippen LogP contribution in [0.4, 0.5) is 4.79 Å². The van der Waals surface area contributed by atoms with Crippen LogP contribution in [-0.4, -0.2) is 39.9 Å². The summed E-state index contributed by atoms with van der Waals surface area (Å²) in [4.78, 5) is 38.1. The van der Waals surface area contributed by atoms with E-state index in [1.807, 2.05) is 0 Å². The summed E-state index contributed by atoms with van der Waals surface area (Å²) < 4.78 is 0. The van der Waals surface area contributed by atoms with E-state index in [-0.39, 0.29) is 13.1 Å². The first-order chi connectivity index (χ1) is 12.5. The van der Waals surface area contributed by atoms with E-state index in [1.165, 1.54) is 0 Å². The zero-order valence-corrected chi connectivity index (χ0v) is 13.8. The van der Waals surface area contributed by atoms with Gasteiger partial charge < -0.3 is 29.6 Å². The van der Waals surface area contributed by atoms with E-state index >= 15 is 0 Å². The van der Waals surface area contributed by atoms with Crippen molar-refractivity contribution in [3.8, 4) is 0 Å². The fraction of sp³-hybridized carbons (Fsp3) is 0.211. The minimum atomic E-state index is -1.63. The molecule has 7 heteroatoms. The number of urea groups is 1. The second kappa shape index (κ2) is 7.26. The average Bonchev–Trinajstić information content (AvgIpc) is 2.90. The van der Waals surface area contributed by atoms with Crippen LogP contribution in [-0.2, 0) is 22.7 Å². The topological polar surface area (TPSA) is 104 Å². The van der Waals surface area contributed by atoms with E-state index in [0.717, 1.165) is 9.80 Å². The number of carbonyl (C=O) groups excluding carboxylic acids is 3. The van der Waals surface area contributed by atoms with Crippen molar-refractivity contribution in [2.45, 2.75) is 25.2 Å². The van der Waals surface area contributed by atoms with Crippen molar-refractivity contribution < 1.29 is 24.6 Å². The molecule has 2 atom stereocenters. The van der Waals surface area contributed by atoms with Crippen molar-refractivity contribution in [3.63, 3.8) is 0 Å². The Morgan fingerprint density at radius 3 is 1.38 bits per heavy atom. The standard InChI is InChI=1S/C19H18N2O5/c22-17(23)15-16(18(24)25)21(12-14-9-5-2-6-10-14)19(26)20(15)11-13-7-3-1-4-8-13/h1-10,15-16H,11-12H2,(H,22,23)(H,24,25)/p-2/t15-,16-/m0/s1. The molecule has 2 aromatic rings. The van der Waals surface area contributed by atoms with Gasteiger partial charge in [-0.1, -0.05) is 60.7 Å². The molecule has 0 saturated carbocycles. The van der Waals surface area contributed by atoms with Gasteiger partial charge in [-0.3, -0.25) is 0 Å². The van der Waals surface area contributed by atoms with Crippen LogP contribution in [0.2, 0.25) is 0 Å². The van der Waals surface area contributed by atoms with Crippen LogP contribution in [0, 0.1) is 0 Å². The number of nitrogens with zero attached hydrogens (tertiary/aromatic N) is 2. The molecule has 1 saturated heterocycles. The molecule has 0 aliphatic carbocycles. The summed E-state index contributed by atoms with van der Waals surface area (Å²) >= 11 is 0. The summed E-state index contributed by atoms with van der Waals surface area (Å²) in [6, 6.07) is 13.6. The Kier molecular flexibility index (Phi) is 4.88. The van der Waals surface area contributed by atoms with Crippen molar-refractivity contribution in [2.24, 2.45) is 0 Å². The molecule has 1 aliphatic rings. The van der Waals surface area contributed by atoms with Crippen molar-refractivity contribution in [3.05, 3.63) is 71.8 Å². The van der Waals surface area contributed by atoms with Gasteiger partial charge in [-0.05, 0) is 11.1 Å². The monoisotopic (exact) mass is 352 g/mol. The lowest BCUT2D eigenvalue weighted by atomic mass is 10.1. The summed E-state index contributed by atoms with van der Waals surface area (Å²) in [5.41, 5.74) is 1.37. The lowest BCUT2D eigenvalue weighted by Crippen LogP contribution is -2.56. The maximum absolute atomic E-state index is 12.8. The lowest BCUT2D eigenvalue weighted by molar-refractivity contribution is -0.322. The molecule has 26 heavy (non-hydrogen) atoms. The van der Waals surface area contributed by atoms with Crippen LogP contribution >= 0.6 is 0 Å². The lowest BCUT2D eigenvalue weighted by Gasteiger charge is -2.29. The first-order valence-corrected chi connectivity index (χ1v) is 8.06. The number of carboxylic acids is 2. The van der Waals surface area contributed by atoms with Gasteiger partial charge in [0.2, 0.25) is 0 Å². The maximum Gasteiger partial charge on any atom is 0.321 e. The highest BCUT2D eigenvalue weighted by Gasteiger charge is 2.47. The normalized spacial score (nSPS) is 19.6. The van der Waals surface area contributed by atoms with E-state index in [1.54, 1.807) is 60.7 Å². The predicted molar refractivity (Wildman–Crippen MR) is 87.0 cm³/mol. The third kappa shape index (κ3) is 3.37. The summed E-state index contributed by atoms with van der Waals surface area (Å²) in [7, 11) is 0. The molecule has 7 nitrogen and oxygen atoms in total. The summed E-state index contributed by atoms with van der Waals surface area (Å²) in [6.07, 6.45) is 0. The fourth-order valence-corrected chi connectivity index (χ4v) is 3.15. The van der Waals surface area contributed by atoms with E-state index in [9.17, 15) is 24.6 Å². The second-order valence-corrected chi connectivity index (χ2v) is 6.04. The van der Waals surface area contributed by atoms with Crippen LogP contribution in [0.15, 0.2) is 60.7 Å². The quantitative estimate of drug-likeness (QED) is 0.688. The number of hydrogen-bond donors (Lipinski definition) is 0. The summed E-state index contributed by atoms with van der Waals surface area (Å²) in [6.45, 7) is -0.0687. The Morgan fingerprint density at radius 1 is 0.731 bits per heavy atom. The second-order valence-electron chi connectivity index (χ2n) is 6.04. The van der Waals surface area contributed by atoms with Gasteiger partial charge in [0.25, 0.3) is 0 Å². The predicted octanol–water partition coefficient (Wildman–Crippen LogP) is -0.639. The summed E-state index contributed by atoms with van der Waals surface area (Å²) in [5, 5.41) is 23.3. The minimum absolute atomic E-state index is 0.0343. The molecular weight excluding hydrogens is 336 g/mol. The maximum atomic E-state index is 12.8. The van der Waals surface area contributed by atoms with Gasteiger partial charge in [-0.2, -0.15) is 0 Å². The van der Waals surface area contributed by atoms with Crippen LogP contribution in [0.3, 0.4) is 0 Å². The zero-order valence-electron chi connectivity index (χ0n) is 13.8. The smallest absolute Gasteiger partial charge is 0.321 e. The number of benzene rings is 2. The summed E-state index contributed by atoms with van der Waals surface area (Å²) in [5.74, 6) is -3.25. The van der Waals surface area contributed by atoms with Gasteiger partial charge >= 0.3 is 6.03 Å². The van der Waals surface area contributed by atoms with E-state index < -0.39 is 30.1 Å². The molecule has 1 heterocycles. The van der Waals surface area contributed by atoms with Crippen LogP contribution in [0.5, 0.6) is 0 Å². The molecule has 0 N–H and O–H groups in total. The molecule has 2 aromatic carbocycles.